The quantitative estimate of drug-likeness (QED) is 0.594. The Kier molecular flexibility index (Phi) is 6.88. The van der Waals surface area contributed by atoms with E-state index in [0.717, 1.165) is 24.8 Å². The van der Waals surface area contributed by atoms with Crippen molar-refractivity contribution in [3.05, 3.63) is 60.2 Å². The average molecular weight is 331 g/mol. The van der Waals surface area contributed by atoms with Gasteiger partial charge in [-0.2, -0.15) is 0 Å². The van der Waals surface area contributed by atoms with E-state index in [1.165, 1.54) is 0 Å². The van der Waals surface area contributed by atoms with Gasteiger partial charge in [0.05, 0.1) is 0 Å². The van der Waals surface area contributed by atoms with Crippen molar-refractivity contribution in [1.82, 2.24) is 9.97 Å². The molecule has 2 aromatic heterocycles. The lowest BCUT2D eigenvalue weighted by atomic mass is 10.1. The van der Waals surface area contributed by atoms with Gasteiger partial charge in [0.1, 0.15) is 0 Å². The minimum absolute atomic E-state index is 0.115. The highest BCUT2D eigenvalue weighted by atomic mass is 35.5. The zero-order valence-electron chi connectivity index (χ0n) is 12.8. The molecule has 2 aromatic rings. The van der Waals surface area contributed by atoms with Gasteiger partial charge in [0.2, 0.25) is 0 Å². The molecule has 120 valence electrons. The molecule has 1 saturated carbocycles. The van der Waals surface area contributed by atoms with Crippen molar-refractivity contribution in [3.8, 4) is 0 Å². The summed E-state index contributed by atoms with van der Waals surface area (Å²) in [5.41, 5.74) is 1.43. The van der Waals surface area contributed by atoms with E-state index in [1.54, 1.807) is 43.0 Å². The molecule has 1 aliphatic rings. The maximum Gasteiger partial charge on any atom is 0.167 e. The first-order valence-corrected chi connectivity index (χ1v) is 8.19. The normalized spacial score (nSPS) is 12.9. The second kappa shape index (κ2) is 9.16. The van der Waals surface area contributed by atoms with Crippen LogP contribution in [0.3, 0.4) is 0 Å². The largest absolute Gasteiger partial charge is 0.294 e. The Morgan fingerprint density at radius 3 is 2.13 bits per heavy atom. The Labute approximate surface area is 140 Å². The fourth-order valence-corrected chi connectivity index (χ4v) is 2.12. The molecule has 1 aliphatic carbocycles. The Hall–Kier alpha value is -2.07. The van der Waals surface area contributed by atoms with Gasteiger partial charge < -0.3 is 0 Å². The standard InChI is InChI=1S/C9H10ClNO.C9H9NO/c10-5-1-4-9(12)8-3-2-6-11-7-8;11-9(7-3-4-7)8-2-1-5-10-6-8/h2-3,6-7H,1,4-5H2;1-2,5-7H,3-4H2. The highest BCUT2D eigenvalue weighted by Crippen LogP contribution is 2.32. The number of pyridine rings is 2. The van der Waals surface area contributed by atoms with E-state index in [4.69, 9.17) is 11.6 Å². The second-order valence-electron chi connectivity index (χ2n) is 5.34. The monoisotopic (exact) mass is 330 g/mol. The van der Waals surface area contributed by atoms with Gasteiger partial charge in [-0.15, -0.1) is 11.6 Å². The Morgan fingerprint density at radius 1 is 1.04 bits per heavy atom. The number of aromatic nitrogens is 2. The Bertz CT molecular complexity index is 628. The van der Waals surface area contributed by atoms with E-state index >= 15 is 0 Å². The average Bonchev–Trinajstić information content (AvgIpc) is 3.46. The number of Topliss-reactive ketones (excluding diaryl/α,β-unsaturated/α-hetero) is 2. The summed E-state index contributed by atoms with van der Waals surface area (Å²) in [7, 11) is 0. The van der Waals surface area contributed by atoms with Gasteiger partial charge in [-0.1, -0.05) is 0 Å². The molecule has 4 nitrogen and oxygen atoms in total. The van der Waals surface area contributed by atoms with Crippen LogP contribution in [0.25, 0.3) is 0 Å². The molecule has 0 N–H and O–H groups in total. The van der Waals surface area contributed by atoms with Crippen LogP contribution in [0.1, 0.15) is 46.4 Å². The first kappa shape index (κ1) is 17.3. The summed E-state index contributed by atoms with van der Waals surface area (Å²) in [5, 5.41) is 0. The van der Waals surface area contributed by atoms with Gasteiger partial charge in [-0.05, 0) is 43.5 Å². The summed E-state index contributed by atoms with van der Waals surface area (Å²) in [6.07, 6.45) is 9.92. The maximum absolute atomic E-state index is 11.4. The summed E-state index contributed by atoms with van der Waals surface area (Å²) >= 11 is 5.47. The number of nitrogens with zero attached hydrogens (tertiary/aromatic N) is 2. The third-order valence-electron chi connectivity index (χ3n) is 3.42. The molecule has 0 atom stereocenters. The van der Waals surface area contributed by atoms with Crippen LogP contribution in [-0.4, -0.2) is 27.4 Å². The molecule has 1 fully saturated rings. The zero-order valence-corrected chi connectivity index (χ0v) is 13.6. The Morgan fingerprint density at radius 2 is 1.65 bits per heavy atom. The summed E-state index contributed by atoms with van der Waals surface area (Å²) in [6.45, 7) is 0. The van der Waals surface area contributed by atoms with Crippen LogP contribution >= 0.6 is 11.6 Å². The lowest BCUT2D eigenvalue weighted by molar-refractivity contribution is 0.0964. The van der Waals surface area contributed by atoms with E-state index in [-0.39, 0.29) is 11.6 Å². The third kappa shape index (κ3) is 5.91. The summed E-state index contributed by atoms with van der Waals surface area (Å²) in [4.78, 5) is 30.4. The van der Waals surface area contributed by atoms with Crippen LogP contribution < -0.4 is 0 Å². The summed E-state index contributed by atoms with van der Waals surface area (Å²) in [5.74, 6) is 1.22. The molecule has 0 amide bonds. The van der Waals surface area contributed by atoms with Crippen LogP contribution in [0.4, 0.5) is 0 Å². The first-order chi connectivity index (χ1) is 11.2. The molecule has 0 unspecified atom stereocenters. The number of halogens is 1. The molecule has 23 heavy (non-hydrogen) atoms. The summed E-state index contributed by atoms with van der Waals surface area (Å²) in [6, 6.07) is 7.15. The highest BCUT2D eigenvalue weighted by molar-refractivity contribution is 6.18. The molecule has 3 rings (SSSR count). The SMILES string of the molecule is O=C(CCCCl)c1cccnc1.O=C(c1cccnc1)C1CC1. The molecule has 5 heteroatoms. The topological polar surface area (TPSA) is 59.9 Å². The highest BCUT2D eigenvalue weighted by Gasteiger charge is 2.30. The smallest absolute Gasteiger partial charge is 0.167 e. The van der Waals surface area contributed by atoms with Crippen molar-refractivity contribution in [1.29, 1.82) is 0 Å². The van der Waals surface area contributed by atoms with E-state index in [1.807, 2.05) is 6.07 Å². The van der Waals surface area contributed by atoms with E-state index in [0.29, 0.717) is 23.8 Å². The molecular weight excluding hydrogens is 312 g/mol. The van der Waals surface area contributed by atoms with Crippen molar-refractivity contribution in [3.63, 3.8) is 0 Å². The van der Waals surface area contributed by atoms with Crippen LogP contribution in [0.5, 0.6) is 0 Å². The molecule has 0 saturated heterocycles. The number of ketones is 2. The zero-order chi connectivity index (χ0) is 16.5. The van der Waals surface area contributed by atoms with Crippen molar-refractivity contribution in [2.75, 3.05) is 5.88 Å². The molecular formula is C18H19ClN2O2. The Balaban J connectivity index is 0.000000167. The third-order valence-corrected chi connectivity index (χ3v) is 3.68. The lowest BCUT2D eigenvalue weighted by Gasteiger charge is -1.96. The van der Waals surface area contributed by atoms with Gasteiger partial charge >= 0.3 is 0 Å². The van der Waals surface area contributed by atoms with Gasteiger partial charge in [0.25, 0.3) is 0 Å². The van der Waals surface area contributed by atoms with Crippen LogP contribution in [0.2, 0.25) is 0 Å². The van der Waals surface area contributed by atoms with Gasteiger partial charge in [0, 0.05) is 54.1 Å². The van der Waals surface area contributed by atoms with Crippen molar-refractivity contribution in [2.45, 2.75) is 25.7 Å². The number of carbonyl (C=O) groups excluding carboxylic acids is 2. The molecule has 0 radical (unpaired) electrons. The molecule has 0 spiro atoms. The fourth-order valence-electron chi connectivity index (χ4n) is 1.99. The predicted octanol–water partition coefficient (Wildman–Crippen LogP) is 3.96. The van der Waals surface area contributed by atoms with Gasteiger partial charge in [0.15, 0.2) is 11.6 Å². The minimum atomic E-state index is 0.115. The molecule has 0 aliphatic heterocycles. The fraction of sp³-hybridized carbons (Fsp3) is 0.333. The van der Waals surface area contributed by atoms with Crippen LogP contribution in [0, 0.1) is 5.92 Å². The van der Waals surface area contributed by atoms with Crippen molar-refractivity contribution in [2.24, 2.45) is 5.92 Å². The van der Waals surface area contributed by atoms with Crippen molar-refractivity contribution < 1.29 is 9.59 Å². The van der Waals surface area contributed by atoms with E-state index in [2.05, 4.69) is 9.97 Å². The van der Waals surface area contributed by atoms with Gasteiger partial charge in [-0.25, -0.2) is 0 Å². The number of hydrogen-bond acceptors (Lipinski definition) is 4. The number of alkyl halides is 1. The lowest BCUT2D eigenvalue weighted by Crippen LogP contribution is -2.00. The summed E-state index contributed by atoms with van der Waals surface area (Å²) < 4.78 is 0. The molecule has 0 bridgehead atoms. The second-order valence-corrected chi connectivity index (χ2v) is 5.72. The number of hydrogen-bond donors (Lipinski definition) is 0. The first-order valence-electron chi connectivity index (χ1n) is 7.66. The molecule has 2 heterocycles. The number of carbonyl (C=O) groups is 2. The van der Waals surface area contributed by atoms with E-state index < -0.39 is 0 Å². The van der Waals surface area contributed by atoms with Gasteiger partial charge in [-0.3, -0.25) is 19.6 Å². The van der Waals surface area contributed by atoms with Crippen LogP contribution in [0.15, 0.2) is 49.1 Å². The van der Waals surface area contributed by atoms with E-state index in [9.17, 15) is 9.59 Å². The van der Waals surface area contributed by atoms with Crippen LogP contribution in [-0.2, 0) is 0 Å². The predicted molar refractivity (Wildman–Crippen MR) is 89.8 cm³/mol. The number of rotatable bonds is 6. The minimum Gasteiger partial charge on any atom is -0.294 e. The molecule has 0 aromatic carbocycles. The maximum atomic E-state index is 11.4. The van der Waals surface area contributed by atoms with Crippen molar-refractivity contribution >= 4 is 23.2 Å².